The smallest absolute Gasteiger partial charge is 0.0155 e. The van der Waals surface area contributed by atoms with Gasteiger partial charge in [0, 0.05) is 0 Å². The molecule has 2 aromatic rings. The Kier molecular flexibility index (Phi) is 4.79. The maximum Gasteiger partial charge on any atom is -0.0155 e. The van der Waals surface area contributed by atoms with Gasteiger partial charge in [-0.3, -0.25) is 0 Å². The minimum absolute atomic E-state index is 1.18. The van der Waals surface area contributed by atoms with Gasteiger partial charge in [-0.2, -0.15) is 0 Å². The molecule has 0 spiro atoms. The first-order valence-corrected chi connectivity index (χ1v) is 7.43. The molecule has 0 aliphatic rings. The van der Waals surface area contributed by atoms with Crippen LogP contribution in [-0.2, 0) is 12.8 Å². The van der Waals surface area contributed by atoms with E-state index < -0.39 is 0 Å². The van der Waals surface area contributed by atoms with Gasteiger partial charge < -0.3 is 0 Å². The molecule has 0 fully saturated rings. The summed E-state index contributed by atoms with van der Waals surface area (Å²) in [5.74, 6) is 0. The zero-order valence-electron chi connectivity index (χ0n) is 12.4. The van der Waals surface area contributed by atoms with Crippen LogP contribution in [0.5, 0.6) is 0 Å². The van der Waals surface area contributed by atoms with Crippen molar-refractivity contribution in [1.29, 1.82) is 0 Å². The zero-order valence-corrected chi connectivity index (χ0v) is 12.4. The van der Waals surface area contributed by atoms with Gasteiger partial charge in [0.05, 0.1) is 0 Å². The van der Waals surface area contributed by atoms with E-state index in [0.717, 1.165) is 0 Å². The number of hydrogen-bond acceptors (Lipinski definition) is 0. The number of aryl methyl sites for hydroxylation is 3. The molecule has 0 heteroatoms. The molecule has 2 aromatic carbocycles. The van der Waals surface area contributed by atoms with Gasteiger partial charge in [-0.05, 0) is 47.6 Å². The molecule has 0 N–H and O–H groups in total. The summed E-state index contributed by atoms with van der Waals surface area (Å²) in [5, 5.41) is 0. The second-order valence-electron chi connectivity index (χ2n) is 5.35. The van der Waals surface area contributed by atoms with Gasteiger partial charge in [-0.1, -0.05) is 69.2 Å². The number of rotatable bonds is 5. The van der Waals surface area contributed by atoms with Crippen LogP contribution in [0, 0.1) is 6.92 Å². The molecular formula is C19H24. The molecule has 0 unspecified atom stereocenters. The summed E-state index contributed by atoms with van der Waals surface area (Å²) < 4.78 is 0. The summed E-state index contributed by atoms with van der Waals surface area (Å²) in [6.45, 7) is 6.70. The lowest BCUT2D eigenvalue weighted by atomic mass is 9.94. The maximum absolute atomic E-state index is 2.38. The first-order chi connectivity index (χ1) is 9.24. The van der Waals surface area contributed by atoms with Gasteiger partial charge in [-0.15, -0.1) is 0 Å². The van der Waals surface area contributed by atoms with Gasteiger partial charge in [0.15, 0.2) is 0 Å². The Labute approximate surface area is 117 Å². The summed E-state index contributed by atoms with van der Waals surface area (Å²) in [5.41, 5.74) is 7.07. The molecule has 0 atom stereocenters. The van der Waals surface area contributed by atoms with Crippen molar-refractivity contribution in [1.82, 2.24) is 0 Å². The van der Waals surface area contributed by atoms with Gasteiger partial charge in [0.25, 0.3) is 0 Å². The fourth-order valence-corrected chi connectivity index (χ4v) is 2.68. The monoisotopic (exact) mass is 252 g/mol. The van der Waals surface area contributed by atoms with Crippen LogP contribution in [0.25, 0.3) is 11.1 Å². The van der Waals surface area contributed by atoms with Crippen LogP contribution in [-0.4, -0.2) is 0 Å². The Morgan fingerprint density at radius 1 is 0.789 bits per heavy atom. The van der Waals surface area contributed by atoms with E-state index in [1.807, 2.05) is 0 Å². The topological polar surface area (TPSA) is 0 Å². The molecular weight excluding hydrogens is 228 g/mol. The Hall–Kier alpha value is -1.56. The average Bonchev–Trinajstić information content (AvgIpc) is 2.40. The predicted octanol–water partition coefficient (Wildman–Crippen LogP) is 5.57. The van der Waals surface area contributed by atoms with E-state index in [9.17, 15) is 0 Å². The lowest BCUT2D eigenvalue weighted by molar-refractivity contribution is 0.896. The van der Waals surface area contributed by atoms with Crippen molar-refractivity contribution < 1.29 is 0 Å². The molecule has 2 rings (SSSR count). The fourth-order valence-electron chi connectivity index (χ4n) is 2.68. The molecule has 0 heterocycles. The highest BCUT2D eigenvalue weighted by Crippen LogP contribution is 2.26. The Morgan fingerprint density at radius 3 is 1.89 bits per heavy atom. The van der Waals surface area contributed by atoms with Crippen molar-refractivity contribution >= 4 is 0 Å². The predicted molar refractivity (Wildman–Crippen MR) is 84.6 cm³/mol. The van der Waals surface area contributed by atoms with Crippen LogP contribution in [0.15, 0.2) is 42.5 Å². The van der Waals surface area contributed by atoms with Gasteiger partial charge >= 0.3 is 0 Å². The quantitative estimate of drug-likeness (QED) is 0.653. The highest BCUT2D eigenvalue weighted by atomic mass is 14.1. The van der Waals surface area contributed by atoms with E-state index in [1.165, 1.54) is 53.5 Å². The Morgan fingerprint density at radius 2 is 1.37 bits per heavy atom. The van der Waals surface area contributed by atoms with Crippen molar-refractivity contribution in [3.05, 3.63) is 59.2 Å². The summed E-state index contributed by atoms with van der Waals surface area (Å²) in [4.78, 5) is 0. The van der Waals surface area contributed by atoms with Crippen LogP contribution in [0.1, 0.15) is 43.4 Å². The van der Waals surface area contributed by atoms with E-state index in [1.54, 1.807) is 0 Å². The third kappa shape index (κ3) is 3.47. The zero-order chi connectivity index (χ0) is 13.7. The molecule has 0 amide bonds. The van der Waals surface area contributed by atoms with E-state index >= 15 is 0 Å². The Bertz CT molecular complexity index is 513. The molecule has 0 aliphatic carbocycles. The van der Waals surface area contributed by atoms with E-state index in [-0.39, 0.29) is 0 Å². The maximum atomic E-state index is 2.38. The largest absolute Gasteiger partial charge is 0.0651 e. The highest BCUT2D eigenvalue weighted by molar-refractivity contribution is 5.68. The van der Waals surface area contributed by atoms with Gasteiger partial charge in [-0.25, -0.2) is 0 Å². The van der Waals surface area contributed by atoms with Gasteiger partial charge in [0.2, 0.25) is 0 Å². The summed E-state index contributed by atoms with van der Waals surface area (Å²) in [6, 6.07) is 15.8. The van der Waals surface area contributed by atoms with E-state index in [0.29, 0.717) is 0 Å². The third-order valence-electron chi connectivity index (χ3n) is 3.59. The lowest BCUT2D eigenvalue weighted by Gasteiger charge is -2.11. The van der Waals surface area contributed by atoms with Crippen molar-refractivity contribution in [2.45, 2.75) is 46.5 Å². The molecule has 0 bridgehead atoms. The highest BCUT2D eigenvalue weighted by Gasteiger charge is 2.05. The second kappa shape index (κ2) is 6.56. The second-order valence-corrected chi connectivity index (χ2v) is 5.35. The van der Waals surface area contributed by atoms with Crippen LogP contribution >= 0.6 is 0 Å². The minimum Gasteiger partial charge on any atom is -0.0651 e. The van der Waals surface area contributed by atoms with Gasteiger partial charge in [0.1, 0.15) is 0 Å². The van der Waals surface area contributed by atoms with Crippen molar-refractivity contribution in [2.75, 3.05) is 0 Å². The molecule has 0 aliphatic heterocycles. The Balaban J connectivity index is 2.46. The van der Waals surface area contributed by atoms with Crippen LogP contribution in [0.3, 0.4) is 0 Å². The first-order valence-electron chi connectivity index (χ1n) is 7.43. The first kappa shape index (κ1) is 13.9. The van der Waals surface area contributed by atoms with Crippen molar-refractivity contribution in [3.63, 3.8) is 0 Å². The molecule has 0 aromatic heterocycles. The lowest BCUT2D eigenvalue weighted by Crippen LogP contribution is -1.92. The molecule has 0 saturated heterocycles. The van der Waals surface area contributed by atoms with Crippen LogP contribution in [0.4, 0.5) is 0 Å². The summed E-state index contributed by atoms with van der Waals surface area (Å²) in [7, 11) is 0. The minimum atomic E-state index is 1.18. The molecule has 0 saturated carbocycles. The normalized spacial score (nSPS) is 10.7. The number of benzene rings is 2. The molecule has 0 radical (unpaired) electrons. The van der Waals surface area contributed by atoms with Crippen molar-refractivity contribution in [2.24, 2.45) is 0 Å². The molecule has 0 nitrogen and oxygen atoms in total. The van der Waals surface area contributed by atoms with Crippen molar-refractivity contribution in [3.8, 4) is 11.1 Å². The van der Waals surface area contributed by atoms with Crippen LogP contribution < -0.4 is 0 Å². The standard InChI is InChI=1S/C19H24/c1-4-8-16-12-17(9-5-2)14-18(13-16)19-11-7-6-10-15(19)3/h6-7,10-14H,4-5,8-9H2,1-3H3. The average molecular weight is 252 g/mol. The fraction of sp³-hybridized carbons (Fsp3) is 0.368. The number of hydrogen-bond donors (Lipinski definition) is 0. The molecule has 19 heavy (non-hydrogen) atoms. The van der Waals surface area contributed by atoms with E-state index in [2.05, 4.69) is 63.2 Å². The molecule has 100 valence electrons. The third-order valence-corrected chi connectivity index (χ3v) is 3.59. The van der Waals surface area contributed by atoms with Crippen LogP contribution in [0.2, 0.25) is 0 Å². The van der Waals surface area contributed by atoms with E-state index in [4.69, 9.17) is 0 Å². The SMILES string of the molecule is CCCc1cc(CCC)cc(-c2ccccc2C)c1. The summed E-state index contributed by atoms with van der Waals surface area (Å²) in [6.07, 6.45) is 4.78. The summed E-state index contributed by atoms with van der Waals surface area (Å²) >= 11 is 0.